The summed E-state index contributed by atoms with van der Waals surface area (Å²) in [6.07, 6.45) is 7.23. The second-order valence-electron chi connectivity index (χ2n) is 7.81. The van der Waals surface area contributed by atoms with Gasteiger partial charge in [0.25, 0.3) is 0 Å². The lowest BCUT2D eigenvalue weighted by atomic mass is 9.76. The number of nitrogens with two attached hydrogens (primary N) is 1. The number of hydrogen-bond donors (Lipinski definition) is 1. The Balaban J connectivity index is 0.000000419. The standard InChI is InChI=1S/C20H21FO3.C4H9N/c1-23-18-10-9-13(12-19(22)24-2)11-16(18)15-7-4-8-17(21)20(15)14-5-3-6-14;5-4-2-1-3-4/h4,7-11,14H,3,5-6,12H2,1-2H3;4H,1-3,5H2. The van der Waals surface area contributed by atoms with E-state index in [1.54, 1.807) is 13.2 Å². The summed E-state index contributed by atoms with van der Waals surface area (Å²) >= 11 is 0. The van der Waals surface area contributed by atoms with Crippen molar-refractivity contribution in [2.45, 2.75) is 56.9 Å². The molecule has 0 saturated heterocycles. The molecule has 29 heavy (non-hydrogen) atoms. The summed E-state index contributed by atoms with van der Waals surface area (Å²) in [6.45, 7) is 0. The van der Waals surface area contributed by atoms with Crippen LogP contribution in [0.25, 0.3) is 11.1 Å². The Morgan fingerprint density at radius 3 is 2.28 bits per heavy atom. The summed E-state index contributed by atoms with van der Waals surface area (Å²) in [7, 11) is 2.97. The van der Waals surface area contributed by atoms with Crippen molar-refractivity contribution in [3.05, 3.63) is 53.3 Å². The SMILES string of the molecule is COC(=O)Cc1ccc(OC)c(-c2cccc(F)c2C2CCC2)c1.NC1CCC1. The van der Waals surface area contributed by atoms with Gasteiger partial charge in [0.1, 0.15) is 11.6 Å². The van der Waals surface area contributed by atoms with Gasteiger partial charge in [0.05, 0.1) is 20.6 Å². The van der Waals surface area contributed by atoms with Gasteiger partial charge in [0.2, 0.25) is 0 Å². The number of methoxy groups -OCH3 is 2. The molecule has 5 heteroatoms. The third kappa shape index (κ3) is 5.15. The van der Waals surface area contributed by atoms with E-state index in [0.717, 1.165) is 41.5 Å². The van der Waals surface area contributed by atoms with Gasteiger partial charge >= 0.3 is 5.97 Å². The molecule has 0 aliphatic heterocycles. The fourth-order valence-electron chi connectivity index (χ4n) is 3.64. The molecule has 0 aromatic heterocycles. The van der Waals surface area contributed by atoms with Gasteiger partial charge in [0.15, 0.2) is 0 Å². The minimum Gasteiger partial charge on any atom is -0.496 e. The summed E-state index contributed by atoms with van der Waals surface area (Å²) < 4.78 is 24.7. The predicted molar refractivity (Wildman–Crippen MR) is 113 cm³/mol. The summed E-state index contributed by atoms with van der Waals surface area (Å²) in [5.41, 5.74) is 8.63. The van der Waals surface area contributed by atoms with Gasteiger partial charge < -0.3 is 15.2 Å². The van der Waals surface area contributed by atoms with Crippen molar-refractivity contribution in [2.24, 2.45) is 5.73 Å². The van der Waals surface area contributed by atoms with Crippen LogP contribution in [0.2, 0.25) is 0 Å². The Kier molecular flexibility index (Phi) is 7.26. The van der Waals surface area contributed by atoms with E-state index in [1.807, 2.05) is 24.3 Å². The van der Waals surface area contributed by atoms with Crippen LogP contribution in [0, 0.1) is 5.82 Å². The quantitative estimate of drug-likeness (QED) is 0.720. The molecule has 2 aromatic carbocycles. The third-order valence-corrected chi connectivity index (χ3v) is 5.85. The van der Waals surface area contributed by atoms with Gasteiger partial charge in [-0.1, -0.05) is 31.0 Å². The molecule has 4 rings (SSSR count). The molecule has 0 heterocycles. The van der Waals surface area contributed by atoms with Crippen molar-refractivity contribution >= 4 is 5.97 Å². The van der Waals surface area contributed by atoms with Crippen LogP contribution in [0.15, 0.2) is 36.4 Å². The van der Waals surface area contributed by atoms with Crippen LogP contribution in [-0.4, -0.2) is 26.2 Å². The zero-order valence-electron chi connectivity index (χ0n) is 17.2. The van der Waals surface area contributed by atoms with E-state index in [9.17, 15) is 9.18 Å². The molecule has 2 aliphatic carbocycles. The smallest absolute Gasteiger partial charge is 0.309 e. The number of halogens is 1. The van der Waals surface area contributed by atoms with Gasteiger partial charge in [-0.3, -0.25) is 4.79 Å². The highest BCUT2D eigenvalue weighted by Gasteiger charge is 2.26. The van der Waals surface area contributed by atoms with Crippen LogP contribution in [0.1, 0.15) is 55.6 Å². The first-order valence-electron chi connectivity index (χ1n) is 10.3. The maximum Gasteiger partial charge on any atom is 0.309 e. The van der Waals surface area contributed by atoms with E-state index >= 15 is 0 Å². The third-order valence-electron chi connectivity index (χ3n) is 5.85. The van der Waals surface area contributed by atoms with E-state index < -0.39 is 0 Å². The molecule has 2 aliphatic rings. The highest BCUT2D eigenvalue weighted by atomic mass is 19.1. The van der Waals surface area contributed by atoms with Gasteiger partial charge in [0, 0.05) is 11.6 Å². The van der Waals surface area contributed by atoms with E-state index in [-0.39, 0.29) is 24.1 Å². The lowest BCUT2D eigenvalue weighted by molar-refractivity contribution is -0.139. The summed E-state index contributed by atoms with van der Waals surface area (Å²) in [5, 5.41) is 0. The number of carbonyl (C=O) groups excluding carboxylic acids is 1. The molecule has 0 spiro atoms. The van der Waals surface area contributed by atoms with Gasteiger partial charge in [-0.25, -0.2) is 4.39 Å². The number of benzene rings is 2. The molecular weight excluding hydrogens is 369 g/mol. The Hall–Kier alpha value is -2.40. The largest absolute Gasteiger partial charge is 0.496 e. The second-order valence-corrected chi connectivity index (χ2v) is 7.81. The Morgan fingerprint density at radius 2 is 1.76 bits per heavy atom. The van der Waals surface area contributed by atoms with Crippen molar-refractivity contribution in [3.8, 4) is 16.9 Å². The molecule has 156 valence electrons. The molecule has 0 bridgehead atoms. The number of carbonyl (C=O) groups is 1. The van der Waals surface area contributed by atoms with Crippen LogP contribution in [0.3, 0.4) is 0 Å². The fraction of sp³-hybridized carbons (Fsp3) is 0.458. The topological polar surface area (TPSA) is 61.5 Å². The molecule has 2 aromatic rings. The fourth-order valence-corrected chi connectivity index (χ4v) is 3.64. The molecule has 2 saturated carbocycles. The Morgan fingerprint density at radius 1 is 1.07 bits per heavy atom. The Bertz CT molecular complexity index is 844. The molecule has 4 nitrogen and oxygen atoms in total. The minimum atomic E-state index is -0.301. The lowest BCUT2D eigenvalue weighted by Crippen LogP contribution is -2.27. The number of ether oxygens (including phenoxy) is 2. The van der Waals surface area contributed by atoms with Gasteiger partial charge in [-0.15, -0.1) is 0 Å². The Labute approximate surface area is 172 Å². The predicted octanol–water partition coefficient (Wildman–Crippen LogP) is 4.98. The first-order valence-corrected chi connectivity index (χ1v) is 10.3. The summed E-state index contributed by atoms with van der Waals surface area (Å²) in [4.78, 5) is 11.6. The van der Waals surface area contributed by atoms with E-state index in [0.29, 0.717) is 11.8 Å². The summed E-state index contributed by atoms with van der Waals surface area (Å²) in [6, 6.07) is 11.3. The number of esters is 1. The van der Waals surface area contributed by atoms with Crippen molar-refractivity contribution in [2.75, 3.05) is 14.2 Å². The first-order chi connectivity index (χ1) is 14.0. The molecule has 2 fully saturated rings. The van der Waals surface area contributed by atoms with E-state index in [2.05, 4.69) is 0 Å². The molecule has 2 N–H and O–H groups in total. The van der Waals surface area contributed by atoms with Gasteiger partial charge in [-0.05, 0) is 66.5 Å². The second kappa shape index (κ2) is 9.88. The van der Waals surface area contributed by atoms with Gasteiger partial charge in [-0.2, -0.15) is 0 Å². The van der Waals surface area contributed by atoms with Crippen molar-refractivity contribution < 1.29 is 18.7 Å². The monoisotopic (exact) mass is 399 g/mol. The highest BCUT2D eigenvalue weighted by molar-refractivity contribution is 5.78. The van der Waals surface area contributed by atoms with E-state index in [1.165, 1.54) is 32.4 Å². The van der Waals surface area contributed by atoms with E-state index in [4.69, 9.17) is 15.2 Å². The number of rotatable bonds is 5. The zero-order valence-corrected chi connectivity index (χ0v) is 17.2. The normalized spacial score (nSPS) is 16.1. The van der Waals surface area contributed by atoms with Crippen molar-refractivity contribution in [3.63, 3.8) is 0 Å². The average molecular weight is 400 g/mol. The lowest BCUT2D eigenvalue weighted by Gasteiger charge is -2.29. The van der Waals surface area contributed by atoms with Crippen LogP contribution in [-0.2, 0) is 16.0 Å². The average Bonchev–Trinajstić information content (AvgIpc) is 2.67. The minimum absolute atomic E-state index is 0.169. The number of hydrogen-bond acceptors (Lipinski definition) is 4. The first kappa shape index (κ1) is 21.3. The maximum absolute atomic E-state index is 14.5. The van der Waals surface area contributed by atoms with Crippen LogP contribution in [0.5, 0.6) is 5.75 Å². The highest BCUT2D eigenvalue weighted by Crippen LogP contribution is 2.44. The maximum atomic E-state index is 14.5. The zero-order chi connectivity index (χ0) is 20.8. The molecule has 0 unspecified atom stereocenters. The molecular formula is C24H30FNO3. The molecule has 0 radical (unpaired) electrons. The van der Waals surface area contributed by atoms with Crippen molar-refractivity contribution in [1.82, 2.24) is 0 Å². The van der Waals surface area contributed by atoms with Crippen molar-refractivity contribution in [1.29, 1.82) is 0 Å². The van der Waals surface area contributed by atoms with Crippen LogP contribution in [0.4, 0.5) is 4.39 Å². The van der Waals surface area contributed by atoms with Crippen LogP contribution < -0.4 is 10.5 Å². The van der Waals surface area contributed by atoms with Crippen LogP contribution >= 0.6 is 0 Å². The molecule has 0 amide bonds. The summed E-state index contributed by atoms with van der Waals surface area (Å²) in [5.74, 6) is 0.465. The molecule has 0 atom stereocenters.